The van der Waals surface area contributed by atoms with Crippen molar-refractivity contribution in [2.24, 2.45) is 0 Å². The first kappa shape index (κ1) is 13.8. The molecule has 1 unspecified atom stereocenters. The zero-order chi connectivity index (χ0) is 14.8. The van der Waals surface area contributed by atoms with Crippen LogP contribution in [0.25, 0.3) is 0 Å². The van der Waals surface area contributed by atoms with Crippen molar-refractivity contribution in [2.75, 3.05) is 42.7 Å². The van der Waals surface area contributed by atoms with Gasteiger partial charge in [0.2, 0.25) is 0 Å². The van der Waals surface area contributed by atoms with E-state index in [0.29, 0.717) is 32.0 Å². The average molecular weight is 292 g/mol. The summed E-state index contributed by atoms with van der Waals surface area (Å²) >= 11 is 0. The van der Waals surface area contributed by atoms with Crippen LogP contribution in [0.3, 0.4) is 0 Å². The van der Waals surface area contributed by atoms with Crippen LogP contribution in [-0.4, -0.2) is 56.1 Å². The lowest BCUT2D eigenvalue weighted by atomic mass is 10.2. The van der Waals surface area contributed by atoms with Gasteiger partial charge in [0.1, 0.15) is 6.61 Å². The highest BCUT2D eigenvalue weighted by atomic mass is 16.6. The smallest absolute Gasteiger partial charge is 0.411 e. The molecule has 1 aromatic rings. The van der Waals surface area contributed by atoms with Crippen LogP contribution in [0.2, 0.25) is 0 Å². The molecule has 0 saturated carbocycles. The van der Waals surface area contributed by atoms with Gasteiger partial charge in [-0.2, -0.15) is 0 Å². The van der Waals surface area contributed by atoms with Gasteiger partial charge in [0.25, 0.3) is 5.91 Å². The van der Waals surface area contributed by atoms with Crippen LogP contribution >= 0.6 is 0 Å². The highest BCUT2D eigenvalue weighted by Crippen LogP contribution is 2.24. The second kappa shape index (κ2) is 5.71. The van der Waals surface area contributed by atoms with E-state index in [1.54, 1.807) is 29.2 Å². The molecule has 0 spiro atoms. The molecule has 2 aliphatic heterocycles. The van der Waals surface area contributed by atoms with Crippen molar-refractivity contribution in [2.45, 2.75) is 6.10 Å². The normalized spacial score (nSPS) is 21.2. The number of benzene rings is 1. The van der Waals surface area contributed by atoms with Gasteiger partial charge in [-0.05, 0) is 24.3 Å². The molecule has 21 heavy (non-hydrogen) atoms. The first-order chi connectivity index (χ1) is 10.1. The molecule has 1 atom stereocenters. The van der Waals surface area contributed by atoms with Crippen molar-refractivity contribution in [1.82, 2.24) is 0 Å². The fourth-order valence-corrected chi connectivity index (χ4v) is 2.27. The molecular weight excluding hydrogens is 276 g/mol. The first-order valence-electron chi connectivity index (χ1n) is 6.75. The zero-order valence-corrected chi connectivity index (χ0v) is 11.4. The lowest BCUT2D eigenvalue weighted by Gasteiger charge is -2.27. The summed E-state index contributed by atoms with van der Waals surface area (Å²) in [4.78, 5) is 25.9. The maximum absolute atomic E-state index is 11.8. The van der Waals surface area contributed by atoms with E-state index in [0.717, 1.165) is 5.69 Å². The standard InChI is InChI=1S/C14H16N2O5/c17-13-9-20-6-5-15(13)10-1-3-11(4-2-10)16(14(18)19)7-12-8-21-12/h1-4,12H,5-9H2,(H,18,19). The van der Waals surface area contributed by atoms with Gasteiger partial charge < -0.3 is 19.5 Å². The highest BCUT2D eigenvalue weighted by Gasteiger charge is 2.29. The summed E-state index contributed by atoms with van der Waals surface area (Å²) < 4.78 is 10.2. The number of carbonyl (C=O) groups is 2. The summed E-state index contributed by atoms with van der Waals surface area (Å²) in [6.45, 7) is 2.03. The minimum Gasteiger partial charge on any atom is -0.465 e. The number of anilines is 2. The molecule has 1 aromatic carbocycles. The Bertz CT molecular complexity index is 541. The Morgan fingerprint density at radius 1 is 1.38 bits per heavy atom. The molecule has 2 amide bonds. The topological polar surface area (TPSA) is 82.6 Å². The van der Waals surface area contributed by atoms with Crippen molar-refractivity contribution < 1.29 is 24.2 Å². The number of carboxylic acid groups (broad SMARTS) is 1. The quantitative estimate of drug-likeness (QED) is 0.835. The van der Waals surface area contributed by atoms with E-state index in [1.807, 2.05) is 0 Å². The molecule has 112 valence electrons. The fourth-order valence-electron chi connectivity index (χ4n) is 2.27. The summed E-state index contributed by atoms with van der Waals surface area (Å²) in [5.41, 5.74) is 1.32. The third kappa shape index (κ3) is 3.14. The summed E-state index contributed by atoms with van der Waals surface area (Å²) in [6, 6.07) is 6.91. The number of hydrogen-bond donors (Lipinski definition) is 1. The fraction of sp³-hybridized carbons (Fsp3) is 0.429. The number of hydrogen-bond acceptors (Lipinski definition) is 4. The van der Waals surface area contributed by atoms with Crippen molar-refractivity contribution >= 4 is 23.4 Å². The van der Waals surface area contributed by atoms with E-state index >= 15 is 0 Å². The maximum atomic E-state index is 11.8. The number of amides is 2. The van der Waals surface area contributed by atoms with Crippen LogP contribution in [0, 0.1) is 0 Å². The molecular formula is C14H16N2O5. The number of nitrogens with zero attached hydrogens (tertiary/aromatic N) is 2. The molecule has 0 radical (unpaired) electrons. The second-order valence-electron chi connectivity index (χ2n) is 4.96. The first-order valence-corrected chi connectivity index (χ1v) is 6.75. The Balaban J connectivity index is 1.75. The summed E-state index contributed by atoms with van der Waals surface area (Å²) in [5, 5.41) is 9.25. The van der Waals surface area contributed by atoms with Gasteiger partial charge in [-0.15, -0.1) is 0 Å². The van der Waals surface area contributed by atoms with Crippen LogP contribution < -0.4 is 9.80 Å². The van der Waals surface area contributed by atoms with Gasteiger partial charge in [-0.1, -0.05) is 0 Å². The minimum atomic E-state index is -1.01. The van der Waals surface area contributed by atoms with Gasteiger partial charge in [0, 0.05) is 17.9 Å². The Morgan fingerprint density at radius 2 is 2.10 bits per heavy atom. The molecule has 0 aromatic heterocycles. The molecule has 7 heteroatoms. The second-order valence-corrected chi connectivity index (χ2v) is 4.96. The zero-order valence-electron chi connectivity index (χ0n) is 11.4. The largest absolute Gasteiger partial charge is 0.465 e. The van der Waals surface area contributed by atoms with E-state index in [4.69, 9.17) is 9.47 Å². The molecule has 3 rings (SSSR count). The highest BCUT2D eigenvalue weighted by molar-refractivity contribution is 5.95. The molecule has 0 bridgehead atoms. The Labute approximate surface area is 121 Å². The van der Waals surface area contributed by atoms with E-state index in [1.165, 1.54) is 4.90 Å². The lowest BCUT2D eigenvalue weighted by molar-refractivity contribution is -0.125. The van der Waals surface area contributed by atoms with E-state index in [2.05, 4.69) is 0 Å². The van der Waals surface area contributed by atoms with Crippen molar-refractivity contribution in [3.8, 4) is 0 Å². The van der Waals surface area contributed by atoms with Crippen molar-refractivity contribution in [1.29, 1.82) is 0 Å². The predicted molar refractivity (Wildman–Crippen MR) is 74.7 cm³/mol. The van der Waals surface area contributed by atoms with Crippen LogP contribution in [0.1, 0.15) is 0 Å². The molecule has 7 nitrogen and oxygen atoms in total. The van der Waals surface area contributed by atoms with Crippen molar-refractivity contribution in [3.05, 3.63) is 24.3 Å². The van der Waals surface area contributed by atoms with Crippen LogP contribution in [0.15, 0.2) is 24.3 Å². The van der Waals surface area contributed by atoms with Crippen LogP contribution in [0.4, 0.5) is 16.2 Å². The summed E-state index contributed by atoms with van der Waals surface area (Å²) in [7, 11) is 0. The van der Waals surface area contributed by atoms with Gasteiger partial charge >= 0.3 is 6.09 Å². The molecule has 2 fully saturated rings. The summed E-state index contributed by atoms with van der Waals surface area (Å²) in [5.74, 6) is -0.0875. The monoisotopic (exact) mass is 292 g/mol. The molecule has 0 aliphatic carbocycles. The van der Waals surface area contributed by atoms with E-state index < -0.39 is 6.09 Å². The number of rotatable bonds is 4. The number of epoxide rings is 1. The van der Waals surface area contributed by atoms with E-state index in [-0.39, 0.29) is 18.6 Å². The molecule has 2 heterocycles. The predicted octanol–water partition coefficient (Wildman–Crippen LogP) is 0.933. The SMILES string of the molecule is O=C(O)N(CC1CO1)c1ccc(N2CCOCC2=O)cc1. The average Bonchev–Trinajstić information content (AvgIpc) is 3.29. The Kier molecular flexibility index (Phi) is 3.76. The third-order valence-corrected chi connectivity index (χ3v) is 3.48. The maximum Gasteiger partial charge on any atom is 0.411 e. The van der Waals surface area contributed by atoms with Gasteiger partial charge in [0.15, 0.2) is 0 Å². The Hall–Kier alpha value is -2.12. The van der Waals surface area contributed by atoms with Crippen molar-refractivity contribution in [3.63, 3.8) is 0 Å². The van der Waals surface area contributed by atoms with E-state index in [9.17, 15) is 14.7 Å². The lowest BCUT2D eigenvalue weighted by Crippen LogP contribution is -2.41. The number of carbonyl (C=O) groups excluding carboxylic acids is 1. The minimum absolute atomic E-state index is 0.0124. The third-order valence-electron chi connectivity index (χ3n) is 3.48. The summed E-state index contributed by atoms with van der Waals surface area (Å²) in [6.07, 6.45) is -1.03. The van der Waals surface area contributed by atoms with Gasteiger partial charge in [-0.25, -0.2) is 4.79 Å². The molecule has 2 aliphatic rings. The molecule has 1 N–H and O–H groups in total. The Morgan fingerprint density at radius 3 is 2.67 bits per heavy atom. The van der Waals surface area contributed by atoms with Gasteiger partial charge in [-0.3, -0.25) is 9.69 Å². The van der Waals surface area contributed by atoms with Crippen LogP contribution in [-0.2, 0) is 14.3 Å². The van der Waals surface area contributed by atoms with Gasteiger partial charge in [0.05, 0.1) is 25.9 Å². The number of morpholine rings is 1. The van der Waals surface area contributed by atoms with Crippen LogP contribution in [0.5, 0.6) is 0 Å². The molecule has 2 saturated heterocycles. The number of ether oxygens (including phenoxy) is 2.